The number of methoxy groups -OCH3 is 1. The normalized spacial score (nSPS) is 20.4. The summed E-state index contributed by atoms with van der Waals surface area (Å²) in [6, 6.07) is 7.91. The van der Waals surface area contributed by atoms with Crippen LogP contribution < -0.4 is 14.8 Å². The third-order valence-electron chi connectivity index (χ3n) is 6.85. The van der Waals surface area contributed by atoms with E-state index >= 15 is 0 Å². The Labute approximate surface area is 215 Å². The largest absolute Gasteiger partial charge is 0.473 e. The molecule has 1 aliphatic heterocycles. The van der Waals surface area contributed by atoms with E-state index in [4.69, 9.17) is 9.47 Å². The summed E-state index contributed by atoms with van der Waals surface area (Å²) in [6.45, 7) is 4.81. The lowest BCUT2D eigenvalue weighted by molar-refractivity contribution is 0.0699. The van der Waals surface area contributed by atoms with Crippen molar-refractivity contribution in [3.63, 3.8) is 0 Å². The molecule has 2 fully saturated rings. The molecule has 0 radical (unpaired) electrons. The van der Waals surface area contributed by atoms with Crippen molar-refractivity contribution in [3.05, 3.63) is 52.8 Å². The molecule has 4 heterocycles. The lowest BCUT2D eigenvalue weighted by Crippen LogP contribution is -2.46. The number of aromatic nitrogens is 3. The number of hydrogen-bond donors (Lipinski definition) is 1. The molecule has 0 bridgehead atoms. The number of nitrogens with one attached hydrogen (secondary N) is 1. The first-order valence-electron chi connectivity index (χ1n) is 11.7. The fourth-order valence-corrected chi connectivity index (χ4v) is 6.65. The highest BCUT2D eigenvalue weighted by molar-refractivity contribution is 7.17. The van der Waals surface area contributed by atoms with E-state index in [1.165, 1.54) is 22.7 Å². The van der Waals surface area contributed by atoms with Crippen molar-refractivity contribution >= 4 is 39.6 Å². The van der Waals surface area contributed by atoms with E-state index in [2.05, 4.69) is 15.3 Å². The van der Waals surface area contributed by atoms with Gasteiger partial charge in [-0.15, -0.1) is 11.3 Å². The summed E-state index contributed by atoms with van der Waals surface area (Å²) in [6.07, 6.45) is 2.33. The second-order valence-electron chi connectivity index (χ2n) is 9.24. The number of hydrogen-bond acceptors (Lipinski definition) is 8. The van der Waals surface area contributed by atoms with Gasteiger partial charge in [0.1, 0.15) is 5.69 Å². The maximum Gasteiger partial charge on any atom is 0.414 e. The summed E-state index contributed by atoms with van der Waals surface area (Å²) in [7, 11) is 1.56. The molecule has 1 aliphatic carbocycles. The quantitative estimate of drug-likeness (QED) is 0.403. The van der Waals surface area contributed by atoms with Gasteiger partial charge >= 0.3 is 6.09 Å². The predicted octanol–water partition coefficient (Wildman–Crippen LogP) is 4.39. The van der Waals surface area contributed by atoms with Crippen LogP contribution in [0, 0.1) is 25.7 Å². The van der Waals surface area contributed by atoms with E-state index in [0.29, 0.717) is 47.4 Å². The van der Waals surface area contributed by atoms with Crippen LogP contribution in [0.15, 0.2) is 35.8 Å². The minimum Gasteiger partial charge on any atom is -0.473 e. The Bertz CT molecular complexity index is 1470. The Morgan fingerprint density at radius 3 is 2.92 bits per heavy atom. The van der Waals surface area contributed by atoms with Gasteiger partial charge in [0.25, 0.3) is 11.1 Å². The Hall–Kier alpha value is -3.44. The zero-order chi connectivity index (χ0) is 25.0. The molecule has 2 amide bonds. The average molecular weight is 524 g/mol. The number of aryl methyl sites for hydroxylation is 2. The van der Waals surface area contributed by atoms with E-state index in [9.17, 15) is 9.59 Å². The van der Waals surface area contributed by atoms with Gasteiger partial charge in [0.05, 0.1) is 18.0 Å². The Morgan fingerprint density at radius 1 is 1.25 bits per heavy atom. The summed E-state index contributed by atoms with van der Waals surface area (Å²) in [4.78, 5) is 38.8. The van der Waals surface area contributed by atoms with Crippen LogP contribution >= 0.6 is 22.7 Å². The molecule has 36 heavy (non-hydrogen) atoms. The molecule has 1 N–H and O–H groups in total. The first kappa shape index (κ1) is 23.0. The van der Waals surface area contributed by atoms with E-state index in [0.717, 1.165) is 27.4 Å². The van der Waals surface area contributed by atoms with Crippen molar-refractivity contribution in [1.82, 2.24) is 24.6 Å². The summed E-state index contributed by atoms with van der Waals surface area (Å²) < 4.78 is 12.7. The van der Waals surface area contributed by atoms with Gasteiger partial charge in [-0.1, -0.05) is 41.2 Å². The molecule has 186 valence electrons. The molecular weight excluding hydrogens is 498 g/mol. The summed E-state index contributed by atoms with van der Waals surface area (Å²) in [5.74, 6) is 1.11. The molecule has 1 saturated heterocycles. The van der Waals surface area contributed by atoms with Gasteiger partial charge in [0.15, 0.2) is 10.7 Å². The van der Waals surface area contributed by atoms with Crippen LogP contribution in [0.4, 0.5) is 4.79 Å². The van der Waals surface area contributed by atoms with E-state index in [1.54, 1.807) is 11.5 Å². The summed E-state index contributed by atoms with van der Waals surface area (Å²) in [5.41, 5.74) is 3.09. The number of carbonyl (C=O) groups excluding carboxylic acids is 2. The number of benzene rings is 1. The maximum absolute atomic E-state index is 13.8. The molecule has 1 saturated carbocycles. The SMILES string of the molecule is COc1nc(C(=O)N2C[C@@H]3C[C@@H]3[C@H]2CNC(=O)Oc2c(C)nc3sccn23)c(-c2cccc(C)c2)s1. The smallest absolute Gasteiger partial charge is 0.414 e. The number of nitrogens with zero attached hydrogens (tertiary/aromatic N) is 4. The van der Waals surface area contributed by atoms with Gasteiger partial charge in [-0.05, 0) is 37.7 Å². The topological polar surface area (TPSA) is 98.1 Å². The summed E-state index contributed by atoms with van der Waals surface area (Å²) >= 11 is 2.84. The fourth-order valence-electron chi connectivity index (χ4n) is 5.03. The third-order valence-corrected chi connectivity index (χ3v) is 8.68. The lowest BCUT2D eigenvalue weighted by Gasteiger charge is -2.27. The van der Waals surface area contributed by atoms with Crippen molar-refractivity contribution in [1.29, 1.82) is 0 Å². The Kier molecular flexibility index (Phi) is 5.68. The molecular formula is C25H25N5O4S2. The highest BCUT2D eigenvalue weighted by atomic mass is 32.1. The second-order valence-corrected chi connectivity index (χ2v) is 11.1. The van der Waals surface area contributed by atoms with Crippen LogP contribution in [0.3, 0.4) is 0 Å². The zero-order valence-electron chi connectivity index (χ0n) is 20.1. The molecule has 6 rings (SSSR count). The summed E-state index contributed by atoms with van der Waals surface area (Å²) in [5, 5.41) is 5.22. The second kappa shape index (κ2) is 8.90. The van der Waals surface area contributed by atoms with Crippen LogP contribution in [0.25, 0.3) is 15.4 Å². The molecule has 3 atom stereocenters. The van der Waals surface area contributed by atoms with Crippen molar-refractivity contribution in [3.8, 4) is 21.5 Å². The number of rotatable bonds is 6. The van der Waals surface area contributed by atoms with E-state index in [-0.39, 0.29) is 11.9 Å². The average Bonchev–Trinajstić information content (AvgIpc) is 3.22. The Morgan fingerprint density at radius 2 is 2.11 bits per heavy atom. The molecule has 4 aromatic rings. The number of fused-ring (bicyclic) bond motifs is 2. The van der Waals surface area contributed by atoms with Gasteiger partial charge in [0, 0.05) is 24.7 Å². The molecule has 11 heteroatoms. The highest BCUT2D eigenvalue weighted by Gasteiger charge is 2.54. The van der Waals surface area contributed by atoms with Gasteiger partial charge in [-0.25, -0.2) is 9.78 Å². The van der Waals surface area contributed by atoms with Crippen LogP contribution in [-0.4, -0.2) is 57.5 Å². The van der Waals surface area contributed by atoms with E-state index < -0.39 is 6.09 Å². The molecule has 0 spiro atoms. The molecule has 1 aromatic carbocycles. The third kappa shape index (κ3) is 4.01. The molecule has 0 unspecified atom stereocenters. The van der Waals surface area contributed by atoms with Crippen molar-refractivity contribution in [2.45, 2.75) is 26.3 Å². The number of likely N-dealkylation sites (tertiary alicyclic amines) is 1. The number of ether oxygens (including phenoxy) is 2. The predicted molar refractivity (Wildman–Crippen MR) is 137 cm³/mol. The number of piperidine rings is 1. The minimum atomic E-state index is -0.557. The maximum atomic E-state index is 13.8. The number of imidazole rings is 1. The number of thiazole rings is 2. The zero-order valence-corrected chi connectivity index (χ0v) is 21.7. The van der Waals surface area contributed by atoms with E-state index in [1.807, 2.05) is 54.6 Å². The van der Waals surface area contributed by atoms with Gasteiger partial charge < -0.3 is 19.7 Å². The molecule has 3 aromatic heterocycles. The van der Waals surface area contributed by atoms with Crippen LogP contribution in [0.1, 0.15) is 28.2 Å². The first-order chi connectivity index (χ1) is 17.4. The van der Waals surface area contributed by atoms with Gasteiger partial charge in [-0.3, -0.25) is 9.20 Å². The van der Waals surface area contributed by atoms with Crippen LogP contribution in [-0.2, 0) is 0 Å². The van der Waals surface area contributed by atoms with Gasteiger partial charge in [-0.2, -0.15) is 4.98 Å². The lowest BCUT2D eigenvalue weighted by atomic mass is 10.1. The van der Waals surface area contributed by atoms with Crippen LogP contribution in [0.2, 0.25) is 0 Å². The number of carbonyl (C=O) groups is 2. The molecule has 2 aliphatic rings. The van der Waals surface area contributed by atoms with Crippen molar-refractivity contribution in [2.24, 2.45) is 11.8 Å². The standard InChI is InChI=1S/C25H25N5O4S2/c1-13-5-4-6-15(9-13)20-19(28-25(33-3)36-20)21(31)30-12-16-10-17(16)18(30)11-26-24(32)34-22-14(2)27-23-29(22)7-8-35-23/h4-9,16-18H,10-12H2,1-3H3,(H,26,32)/t16-,17-,18+/m0/s1. The fraction of sp³-hybridized carbons (Fsp3) is 0.360. The minimum absolute atomic E-state index is 0.110. The molecule has 9 nitrogen and oxygen atoms in total. The monoisotopic (exact) mass is 523 g/mol. The van der Waals surface area contributed by atoms with Gasteiger partial charge in [0.2, 0.25) is 5.88 Å². The van der Waals surface area contributed by atoms with Crippen LogP contribution in [0.5, 0.6) is 11.1 Å². The number of amides is 2. The van der Waals surface area contributed by atoms with Crippen molar-refractivity contribution < 1.29 is 19.1 Å². The van der Waals surface area contributed by atoms with Crippen molar-refractivity contribution in [2.75, 3.05) is 20.2 Å². The first-order valence-corrected chi connectivity index (χ1v) is 13.4. The highest BCUT2D eigenvalue weighted by Crippen LogP contribution is 2.50. The Balaban J connectivity index is 1.19.